The summed E-state index contributed by atoms with van der Waals surface area (Å²) < 4.78 is 33.5. The second kappa shape index (κ2) is 14.5. The van der Waals surface area contributed by atoms with Gasteiger partial charge in [0.05, 0.1) is 42.6 Å². The number of alkyl halides is 1. The van der Waals surface area contributed by atoms with E-state index in [1.807, 2.05) is 13.8 Å². The van der Waals surface area contributed by atoms with Gasteiger partial charge in [0.2, 0.25) is 11.8 Å². The minimum absolute atomic E-state index is 0.00519. The Hall–Kier alpha value is -3.32. The number of hydrogen-bond donors (Lipinski definition) is 3. The maximum absolute atomic E-state index is 13.9. The van der Waals surface area contributed by atoms with Crippen LogP contribution in [0.5, 0.6) is 5.75 Å². The molecule has 1 saturated carbocycles. The molecule has 3 aliphatic rings. The van der Waals surface area contributed by atoms with Crippen molar-refractivity contribution in [2.75, 3.05) is 44.2 Å². The summed E-state index contributed by atoms with van der Waals surface area (Å²) in [5.41, 5.74) is 0.757. The SMILES string of the molecule is CC(C)Oc1ccc(F)cc1N1CCN(CCCN2C(=O)C3CC(O)C(F)CC3C2=O)CC1.O=C(O)CCC(=O)O. The van der Waals surface area contributed by atoms with Gasteiger partial charge >= 0.3 is 11.9 Å². The first kappa shape index (κ1) is 32.2. The van der Waals surface area contributed by atoms with Crippen molar-refractivity contribution in [3.05, 3.63) is 24.0 Å². The number of amides is 2. The molecule has 0 aromatic heterocycles. The number of aliphatic hydroxyl groups excluding tert-OH is 1. The zero-order valence-electron chi connectivity index (χ0n) is 23.4. The smallest absolute Gasteiger partial charge is 0.303 e. The van der Waals surface area contributed by atoms with Gasteiger partial charge in [-0.05, 0) is 51.8 Å². The predicted octanol–water partition coefficient (Wildman–Crippen LogP) is 2.15. The molecule has 0 radical (unpaired) electrons. The number of hydrogen-bond acceptors (Lipinski definition) is 8. The van der Waals surface area contributed by atoms with Crippen LogP contribution in [0.4, 0.5) is 14.5 Å². The molecule has 1 aromatic carbocycles. The van der Waals surface area contributed by atoms with E-state index in [0.29, 0.717) is 18.7 Å². The number of rotatable bonds is 10. The van der Waals surface area contributed by atoms with Crippen LogP contribution in [0.2, 0.25) is 0 Å². The van der Waals surface area contributed by atoms with Crippen LogP contribution in [-0.4, -0.2) is 107 Å². The molecule has 1 aliphatic carbocycles. The van der Waals surface area contributed by atoms with Crippen LogP contribution in [0.15, 0.2) is 18.2 Å². The molecule has 3 fully saturated rings. The van der Waals surface area contributed by atoms with Crippen LogP contribution in [0.3, 0.4) is 0 Å². The number of halogens is 2. The molecule has 2 amide bonds. The minimum Gasteiger partial charge on any atom is -0.489 e. The molecule has 0 spiro atoms. The average molecular weight is 584 g/mol. The minimum atomic E-state index is -1.44. The number of benzene rings is 1. The van der Waals surface area contributed by atoms with Crippen molar-refractivity contribution in [2.45, 2.75) is 64.3 Å². The first-order valence-electron chi connectivity index (χ1n) is 13.9. The fourth-order valence-electron chi connectivity index (χ4n) is 5.38. The zero-order chi connectivity index (χ0) is 30.3. The number of imide groups is 1. The van der Waals surface area contributed by atoms with E-state index in [9.17, 15) is 33.1 Å². The maximum atomic E-state index is 13.9. The maximum Gasteiger partial charge on any atom is 0.303 e. The Morgan fingerprint density at radius 1 is 0.976 bits per heavy atom. The molecule has 11 nitrogen and oxygen atoms in total. The summed E-state index contributed by atoms with van der Waals surface area (Å²) in [4.78, 5) is 50.2. The van der Waals surface area contributed by atoms with E-state index in [1.165, 1.54) is 17.0 Å². The monoisotopic (exact) mass is 583 g/mol. The van der Waals surface area contributed by atoms with Crippen LogP contribution in [0, 0.1) is 17.7 Å². The molecule has 4 atom stereocenters. The van der Waals surface area contributed by atoms with E-state index in [2.05, 4.69) is 9.80 Å². The van der Waals surface area contributed by atoms with Gasteiger partial charge in [-0.3, -0.25) is 29.0 Å². The average Bonchev–Trinajstić information content (AvgIpc) is 3.13. The summed E-state index contributed by atoms with van der Waals surface area (Å²) in [5, 5.41) is 25.5. The lowest BCUT2D eigenvalue weighted by Crippen LogP contribution is -2.47. The van der Waals surface area contributed by atoms with Crippen molar-refractivity contribution in [1.82, 2.24) is 9.80 Å². The molecule has 0 bridgehead atoms. The largest absolute Gasteiger partial charge is 0.489 e. The standard InChI is InChI=1S/C24H33F2N3O4.C4H6O4/c1-15(2)33-22-5-4-16(25)12-20(22)28-10-8-27(9-11-28)6-3-7-29-23(31)17-13-19(26)21(30)14-18(17)24(29)32;5-3(6)1-2-4(7)8/h4-5,12,15,17-19,21,30H,3,6-11,13-14H2,1-2H3;1-2H2,(H,5,6)(H,7,8). The number of carboxylic acid groups (broad SMARTS) is 2. The van der Waals surface area contributed by atoms with Crippen LogP contribution in [0.25, 0.3) is 0 Å². The number of piperazine rings is 1. The van der Waals surface area contributed by atoms with Crippen molar-refractivity contribution in [3.63, 3.8) is 0 Å². The van der Waals surface area contributed by atoms with Gasteiger partial charge in [0.25, 0.3) is 0 Å². The Morgan fingerprint density at radius 2 is 1.56 bits per heavy atom. The Bertz CT molecular complexity index is 1050. The molecule has 228 valence electrons. The van der Waals surface area contributed by atoms with Gasteiger partial charge in [-0.2, -0.15) is 0 Å². The van der Waals surface area contributed by atoms with Crippen molar-refractivity contribution < 1.29 is 48.0 Å². The van der Waals surface area contributed by atoms with Crippen LogP contribution in [-0.2, 0) is 19.2 Å². The summed E-state index contributed by atoms with van der Waals surface area (Å²) in [6, 6.07) is 4.59. The molecular weight excluding hydrogens is 544 g/mol. The van der Waals surface area contributed by atoms with Crippen molar-refractivity contribution in [1.29, 1.82) is 0 Å². The van der Waals surface area contributed by atoms with Gasteiger partial charge in [-0.25, -0.2) is 8.78 Å². The van der Waals surface area contributed by atoms with E-state index < -0.39 is 36.1 Å². The van der Waals surface area contributed by atoms with Crippen LogP contribution >= 0.6 is 0 Å². The van der Waals surface area contributed by atoms with E-state index in [1.54, 1.807) is 6.07 Å². The van der Waals surface area contributed by atoms with Gasteiger partial charge in [-0.1, -0.05) is 0 Å². The van der Waals surface area contributed by atoms with Crippen LogP contribution in [0.1, 0.15) is 46.0 Å². The van der Waals surface area contributed by atoms with E-state index in [4.69, 9.17) is 14.9 Å². The molecule has 41 heavy (non-hydrogen) atoms. The van der Waals surface area contributed by atoms with Crippen molar-refractivity contribution in [3.8, 4) is 5.75 Å². The van der Waals surface area contributed by atoms with Gasteiger partial charge < -0.3 is 25.0 Å². The molecule has 4 unspecified atom stereocenters. The van der Waals surface area contributed by atoms with E-state index >= 15 is 0 Å². The lowest BCUT2D eigenvalue weighted by molar-refractivity contribution is -0.143. The van der Waals surface area contributed by atoms with E-state index in [-0.39, 0.29) is 49.4 Å². The lowest BCUT2D eigenvalue weighted by Gasteiger charge is -2.37. The molecule has 1 aromatic rings. The number of carboxylic acids is 2. The highest BCUT2D eigenvalue weighted by Crippen LogP contribution is 2.39. The Balaban J connectivity index is 0.000000507. The number of likely N-dealkylation sites (tertiary alicyclic amines) is 1. The van der Waals surface area contributed by atoms with Gasteiger partial charge in [0.1, 0.15) is 17.7 Å². The Morgan fingerprint density at radius 3 is 2.12 bits per heavy atom. The third-order valence-electron chi connectivity index (χ3n) is 7.45. The third-order valence-corrected chi connectivity index (χ3v) is 7.45. The number of fused-ring (bicyclic) bond motifs is 1. The number of aliphatic carboxylic acids is 2. The zero-order valence-corrected chi connectivity index (χ0v) is 23.4. The van der Waals surface area contributed by atoms with Gasteiger partial charge in [0, 0.05) is 38.8 Å². The highest BCUT2D eigenvalue weighted by atomic mass is 19.1. The second-order valence-corrected chi connectivity index (χ2v) is 10.8. The second-order valence-electron chi connectivity index (χ2n) is 10.8. The number of aliphatic hydroxyl groups is 1. The fourth-order valence-corrected chi connectivity index (χ4v) is 5.38. The summed E-state index contributed by atoms with van der Waals surface area (Å²) in [7, 11) is 0. The Labute approximate surface area is 237 Å². The molecule has 2 saturated heterocycles. The molecular formula is C28H39F2N3O8. The first-order valence-corrected chi connectivity index (χ1v) is 13.9. The summed E-state index contributed by atoms with van der Waals surface area (Å²) in [6.45, 7) is 7.92. The first-order chi connectivity index (χ1) is 19.4. The highest BCUT2D eigenvalue weighted by Gasteiger charge is 2.52. The molecule has 2 heterocycles. The fraction of sp³-hybridized carbons (Fsp3) is 0.643. The topological polar surface area (TPSA) is 148 Å². The number of carbonyl (C=O) groups excluding carboxylic acids is 2. The Kier molecular flexibility index (Phi) is 11.4. The van der Waals surface area contributed by atoms with Crippen molar-refractivity contribution in [2.24, 2.45) is 11.8 Å². The third kappa shape index (κ3) is 8.83. The number of anilines is 1. The van der Waals surface area contributed by atoms with Crippen molar-refractivity contribution >= 4 is 29.4 Å². The molecule has 2 aliphatic heterocycles. The lowest BCUT2D eigenvalue weighted by atomic mass is 9.78. The van der Waals surface area contributed by atoms with Crippen LogP contribution < -0.4 is 9.64 Å². The van der Waals surface area contributed by atoms with Gasteiger partial charge in [0.15, 0.2) is 0 Å². The van der Waals surface area contributed by atoms with E-state index in [0.717, 1.165) is 38.4 Å². The summed E-state index contributed by atoms with van der Waals surface area (Å²) >= 11 is 0. The van der Waals surface area contributed by atoms with Gasteiger partial charge in [-0.15, -0.1) is 0 Å². The number of carbonyl (C=O) groups is 4. The summed E-state index contributed by atoms with van der Waals surface area (Å²) in [6.07, 6.45) is -2.61. The quantitative estimate of drug-likeness (QED) is 0.350. The number of ether oxygens (including phenoxy) is 1. The normalized spacial score (nSPS) is 24.6. The molecule has 3 N–H and O–H groups in total. The molecule has 4 rings (SSSR count). The predicted molar refractivity (Wildman–Crippen MR) is 144 cm³/mol. The highest BCUT2D eigenvalue weighted by molar-refractivity contribution is 6.05. The summed E-state index contributed by atoms with van der Waals surface area (Å²) in [5.74, 6) is -3.56. The molecule has 13 heteroatoms. The number of nitrogens with zero attached hydrogens (tertiary/aromatic N) is 3.